The van der Waals surface area contributed by atoms with Gasteiger partial charge in [0.2, 0.25) is 5.91 Å². The second-order valence-corrected chi connectivity index (χ2v) is 12.9. The lowest BCUT2D eigenvalue weighted by Crippen LogP contribution is -2.45. The molecule has 2 amide bonds. The molecule has 0 saturated heterocycles. The molecule has 1 aromatic heterocycles. The van der Waals surface area contributed by atoms with Gasteiger partial charge in [-0.25, -0.2) is 4.79 Å². The molecule has 0 aliphatic heterocycles. The number of aromatic amines is 1. The van der Waals surface area contributed by atoms with Gasteiger partial charge in [-0.3, -0.25) is 9.59 Å². The van der Waals surface area contributed by atoms with Gasteiger partial charge in [0.05, 0.1) is 29.9 Å². The lowest BCUT2D eigenvalue weighted by molar-refractivity contribution is -0.137. The number of phenols is 1. The quantitative estimate of drug-likeness (QED) is 0.109. The Labute approximate surface area is 299 Å². The van der Waals surface area contributed by atoms with E-state index in [2.05, 4.69) is 9.88 Å². The number of ether oxygens (including phenoxy) is 2. The van der Waals surface area contributed by atoms with Crippen LogP contribution in [0.5, 0.6) is 5.75 Å². The molecule has 276 valence electrons. The Morgan fingerprint density at radius 2 is 1.55 bits per heavy atom. The third-order valence-electron chi connectivity index (χ3n) is 8.58. The Morgan fingerprint density at radius 1 is 0.843 bits per heavy atom. The standard InChI is InChI=1S/C37H45F3N4O6S/c1-3-42(4-2)19-20-43(32(46)17-24-49-23-16-27-11-8-12-30(25-27)37(38,39)40)21-22-44(36(48)50-26-28-9-6-5-7-10-28)18-15-29-13-14-31(45)33-34(29)51-35(47)41-33/h5-14,25,45H,3-4,15-24,26H2,1-2H3,(H,41,47). The largest absolute Gasteiger partial charge is 0.506 e. The topological polar surface area (TPSA) is 115 Å². The third-order valence-corrected chi connectivity index (χ3v) is 9.53. The van der Waals surface area contributed by atoms with Crippen molar-refractivity contribution in [3.05, 3.63) is 98.7 Å². The van der Waals surface area contributed by atoms with Crippen molar-refractivity contribution >= 4 is 33.6 Å². The minimum absolute atomic E-state index is 0.0341. The maximum atomic E-state index is 13.5. The predicted octanol–water partition coefficient (Wildman–Crippen LogP) is 6.32. The maximum Gasteiger partial charge on any atom is 0.416 e. The van der Waals surface area contributed by atoms with E-state index in [4.69, 9.17) is 9.47 Å². The molecule has 2 N–H and O–H groups in total. The Bertz CT molecular complexity index is 1760. The fourth-order valence-electron chi connectivity index (χ4n) is 5.55. The first kappa shape index (κ1) is 39.4. The normalized spacial score (nSPS) is 11.6. The van der Waals surface area contributed by atoms with Crippen molar-refractivity contribution < 1.29 is 37.3 Å². The summed E-state index contributed by atoms with van der Waals surface area (Å²) in [5, 5.41) is 10.2. The number of aromatic nitrogens is 1. The van der Waals surface area contributed by atoms with Crippen LogP contribution >= 0.6 is 11.3 Å². The molecule has 0 fully saturated rings. The number of carbonyl (C=O) groups is 2. The molecular weight excluding hydrogens is 685 g/mol. The van der Waals surface area contributed by atoms with Gasteiger partial charge >= 0.3 is 17.1 Å². The minimum atomic E-state index is -4.42. The van der Waals surface area contributed by atoms with E-state index >= 15 is 0 Å². The highest BCUT2D eigenvalue weighted by atomic mass is 32.1. The first-order valence-corrected chi connectivity index (χ1v) is 17.8. The zero-order valence-corrected chi connectivity index (χ0v) is 29.7. The number of nitrogens with one attached hydrogen (secondary N) is 1. The van der Waals surface area contributed by atoms with E-state index < -0.39 is 17.8 Å². The van der Waals surface area contributed by atoms with Gasteiger partial charge in [-0.05, 0) is 54.8 Å². The van der Waals surface area contributed by atoms with Crippen molar-refractivity contribution in [1.82, 2.24) is 19.7 Å². The summed E-state index contributed by atoms with van der Waals surface area (Å²) in [6, 6.07) is 17.6. The first-order valence-electron chi connectivity index (χ1n) is 17.0. The molecule has 0 atom stereocenters. The van der Waals surface area contributed by atoms with E-state index in [1.807, 2.05) is 44.2 Å². The van der Waals surface area contributed by atoms with Crippen LogP contribution in [0.4, 0.5) is 18.0 Å². The average Bonchev–Trinajstić information content (AvgIpc) is 3.53. The minimum Gasteiger partial charge on any atom is -0.506 e. The molecule has 0 unspecified atom stereocenters. The van der Waals surface area contributed by atoms with Crippen LogP contribution in [0.25, 0.3) is 10.2 Å². The first-order chi connectivity index (χ1) is 24.5. The van der Waals surface area contributed by atoms with Crippen LogP contribution in [-0.2, 0) is 39.9 Å². The molecule has 0 radical (unpaired) electrons. The molecule has 3 aromatic carbocycles. The number of aromatic hydroxyl groups is 1. The molecule has 0 aliphatic carbocycles. The van der Waals surface area contributed by atoms with E-state index in [0.717, 1.165) is 47.7 Å². The molecule has 0 aliphatic rings. The summed E-state index contributed by atoms with van der Waals surface area (Å²) in [6.07, 6.45) is -4.26. The van der Waals surface area contributed by atoms with Crippen molar-refractivity contribution in [3.63, 3.8) is 0 Å². The number of nitrogens with zero attached hydrogens (tertiary/aromatic N) is 3. The Balaban J connectivity index is 1.40. The zero-order chi connectivity index (χ0) is 36.8. The van der Waals surface area contributed by atoms with Gasteiger partial charge in [0.15, 0.2) is 0 Å². The van der Waals surface area contributed by atoms with Gasteiger partial charge < -0.3 is 34.3 Å². The number of thiazole rings is 1. The average molecular weight is 731 g/mol. The zero-order valence-electron chi connectivity index (χ0n) is 28.9. The van der Waals surface area contributed by atoms with E-state index in [-0.39, 0.29) is 68.8 Å². The van der Waals surface area contributed by atoms with Gasteiger partial charge in [0.25, 0.3) is 0 Å². The second kappa shape index (κ2) is 19.3. The van der Waals surface area contributed by atoms with Gasteiger partial charge in [0.1, 0.15) is 17.9 Å². The molecule has 0 bridgehead atoms. The maximum absolute atomic E-state index is 13.5. The molecule has 4 aromatic rings. The summed E-state index contributed by atoms with van der Waals surface area (Å²) >= 11 is 0.987. The van der Waals surface area contributed by atoms with E-state index in [0.29, 0.717) is 35.3 Å². The fourth-order valence-corrected chi connectivity index (χ4v) is 6.45. The summed E-state index contributed by atoms with van der Waals surface area (Å²) < 4.78 is 51.1. The number of hydrogen-bond donors (Lipinski definition) is 2. The van der Waals surface area contributed by atoms with E-state index in [1.54, 1.807) is 21.9 Å². The summed E-state index contributed by atoms with van der Waals surface area (Å²) in [5.41, 5.74) is 1.74. The van der Waals surface area contributed by atoms with E-state index in [9.17, 15) is 32.7 Å². The van der Waals surface area contributed by atoms with Crippen molar-refractivity contribution in [3.8, 4) is 5.75 Å². The number of amides is 2. The van der Waals surface area contributed by atoms with Crippen molar-refractivity contribution in [2.24, 2.45) is 0 Å². The van der Waals surface area contributed by atoms with Crippen molar-refractivity contribution in [2.75, 3.05) is 59.0 Å². The van der Waals surface area contributed by atoms with Crippen LogP contribution in [0.3, 0.4) is 0 Å². The lowest BCUT2D eigenvalue weighted by atomic mass is 10.1. The number of halogens is 3. The number of benzene rings is 3. The smallest absolute Gasteiger partial charge is 0.416 e. The SMILES string of the molecule is CCN(CC)CCN(CCN(CCc1ccc(O)c2[nH]c(=O)sc12)C(=O)OCc1ccccc1)C(=O)CCOCCc1cccc(C(F)(F)F)c1. The molecule has 10 nitrogen and oxygen atoms in total. The summed E-state index contributed by atoms with van der Waals surface area (Å²) in [4.78, 5) is 46.8. The molecule has 1 heterocycles. The molecule has 0 spiro atoms. The Kier molecular flexibility index (Phi) is 14.9. The Hall–Kier alpha value is -4.40. The van der Waals surface area contributed by atoms with Crippen LogP contribution in [0.2, 0.25) is 0 Å². The Morgan fingerprint density at radius 3 is 2.27 bits per heavy atom. The number of carbonyl (C=O) groups excluding carboxylic acids is 2. The number of fused-ring (bicyclic) bond motifs is 1. The predicted molar refractivity (Wildman–Crippen MR) is 191 cm³/mol. The van der Waals surface area contributed by atoms with E-state index in [1.165, 1.54) is 12.1 Å². The number of H-pyrrole nitrogens is 1. The number of likely N-dealkylation sites (N-methyl/N-ethyl adjacent to an activating group) is 1. The lowest BCUT2D eigenvalue weighted by Gasteiger charge is -2.29. The monoisotopic (exact) mass is 730 g/mol. The highest BCUT2D eigenvalue weighted by Crippen LogP contribution is 2.30. The summed E-state index contributed by atoms with van der Waals surface area (Å²) in [7, 11) is 0. The van der Waals surface area contributed by atoms with Crippen LogP contribution < -0.4 is 4.87 Å². The van der Waals surface area contributed by atoms with Crippen LogP contribution in [-0.4, -0.2) is 95.8 Å². The molecule has 4 rings (SSSR count). The molecule has 0 saturated carbocycles. The number of hydrogen-bond acceptors (Lipinski definition) is 8. The highest BCUT2D eigenvalue weighted by Gasteiger charge is 2.30. The highest BCUT2D eigenvalue weighted by molar-refractivity contribution is 7.16. The van der Waals surface area contributed by atoms with Gasteiger partial charge in [0, 0.05) is 32.7 Å². The number of phenolic OH excluding ortho intramolecular Hbond substituents is 1. The number of rotatable bonds is 19. The molecular formula is C37H45F3N4O6S. The fraction of sp³-hybridized carbons (Fsp3) is 0.432. The summed E-state index contributed by atoms with van der Waals surface area (Å²) in [6.45, 7) is 7.72. The van der Waals surface area contributed by atoms with Crippen molar-refractivity contribution in [2.45, 2.75) is 45.9 Å². The van der Waals surface area contributed by atoms with Crippen LogP contribution in [0, 0.1) is 0 Å². The number of alkyl halides is 3. The van der Waals surface area contributed by atoms with Crippen LogP contribution in [0.1, 0.15) is 42.5 Å². The van der Waals surface area contributed by atoms with Gasteiger partial charge in [-0.2, -0.15) is 13.2 Å². The molecule has 51 heavy (non-hydrogen) atoms. The summed E-state index contributed by atoms with van der Waals surface area (Å²) in [5.74, 6) is -0.204. The second-order valence-electron chi connectivity index (χ2n) is 12.0. The van der Waals surface area contributed by atoms with Gasteiger partial charge in [-0.1, -0.05) is 79.8 Å². The van der Waals surface area contributed by atoms with Gasteiger partial charge in [-0.15, -0.1) is 0 Å². The third kappa shape index (κ3) is 12.1. The van der Waals surface area contributed by atoms with Crippen LogP contribution in [0.15, 0.2) is 71.5 Å². The molecule has 14 heteroatoms. The van der Waals surface area contributed by atoms with Crippen molar-refractivity contribution in [1.29, 1.82) is 0 Å².